The molecule has 3 aromatic carbocycles. The number of hydrogen-bond donors (Lipinski definition) is 3. The zero-order valence-corrected chi connectivity index (χ0v) is 23.2. The van der Waals surface area contributed by atoms with Crippen LogP contribution in [0.15, 0.2) is 73.4 Å². The second-order valence-corrected chi connectivity index (χ2v) is 9.60. The molecule has 0 saturated heterocycles. The Labute approximate surface area is 233 Å². The minimum absolute atomic E-state index is 0.302. The summed E-state index contributed by atoms with van der Waals surface area (Å²) in [6.45, 7) is 5.14. The summed E-state index contributed by atoms with van der Waals surface area (Å²) < 4.78 is 5.68. The van der Waals surface area contributed by atoms with E-state index in [-0.39, 0.29) is 5.91 Å². The van der Waals surface area contributed by atoms with Gasteiger partial charge in [0.25, 0.3) is 0 Å². The van der Waals surface area contributed by atoms with Crippen LogP contribution < -0.4 is 25.6 Å². The maximum atomic E-state index is 12.2. The highest BCUT2D eigenvalue weighted by molar-refractivity contribution is 6.33. The fraction of sp³-hybridized carbons (Fsp3) is 0.207. The van der Waals surface area contributed by atoms with E-state index < -0.39 is 0 Å². The third-order valence-corrected chi connectivity index (χ3v) is 6.33. The number of ether oxygens (including phenoxy) is 1. The summed E-state index contributed by atoms with van der Waals surface area (Å²) in [7, 11) is 7.57. The van der Waals surface area contributed by atoms with E-state index in [0.29, 0.717) is 33.9 Å². The fourth-order valence-electron chi connectivity index (χ4n) is 3.95. The maximum absolute atomic E-state index is 12.2. The molecule has 1 heterocycles. The number of benzene rings is 3. The van der Waals surface area contributed by atoms with Crippen LogP contribution in [-0.2, 0) is 4.79 Å². The average Bonchev–Trinajstić information content (AvgIpc) is 2.93. The van der Waals surface area contributed by atoms with E-state index in [2.05, 4.69) is 48.4 Å². The highest BCUT2D eigenvalue weighted by Crippen LogP contribution is 2.38. The van der Waals surface area contributed by atoms with Gasteiger partial charge in [-0.3, -0.25) is 4.79 Å². The van der Waals surface area contributed by atoms with Gasteiger partial charge in [0.15, 0.2) is 5.82 Å². The van der Waals surface area contributed by atoms with E-state index in [1.165, 1.54) is 12.3 Å². The zero-order chi connectivity index (χ0) is 27.9. The molecule has 1 amide bonds. The SMILES string of the molecule is C=CC(=O)Nc1cc(Nc2ncc(Cl)c(Nc3ccc4ccccc4c3)n2)c(OC)cc1N(C)CCN(C)C. The van der Waals surface area contributed by atoms with E-state index in [1.54, 1.807) is 13.2 Å². The van der Waals surface area contributed by atoms with Crippen LogP contribution in [0.5, 0.6) is 5.75 Å². The van der Waals surface area contributed by atoms with Crippen LogP contribution in [0.3, 0.4) is 0 Å². The summed E-state index contributed by atoms with van der Waals surface area (Å²) >= 11 is 6.43. The van der Waals surface area contributed by atoms with Crippen LogP contribution in [0.4, 0.5) is 34.5 Å². The Balaban J connectivity index is 1.64. The molecule has 9 nitrogen and oxygen atoms in total. The van der Waals surface area contributed by atoms with Gasteiger partial charge in [-0.2, -0.15) is 4.98 Å². The van der Waals surface area contributed by atoms with Crippen molar-refractivity contribution in [1.29, 1.82) is 0 Å². The molecule has 0 unspecified atom stereocenters. The van der Waals surface area contributed by atoms with Gasteiger partial charge in [-0.1, -0.05) is 48.5 Å². The standard InChI is InChI=1S/C29H32ClN7O2/c1-6-27(38)33-23-16-24(26(39-5)17-25(23)37(4)14-13-36(2)3)34-29-31-18-22(30)28(35-29)32-21-12-11-19-9-7-8-10-20(19)15-21/h6-12,15-18H,1,13-14H2,2-5H3,(H,33,38)(H2,31,32,34,35). The molecule has 0 bridgehead atoms. The Kier molecular flexibility index (Phi) is 8.85. The zero-order valence-electron chi connectivity index (χ0n) is 22.5. The van der Waals surface area contributed by atoms with Crippen molar-refractivity contribution in [1.82, 2.24) is 14.9 Å². The summed E-state index contributed by atoms with van der Waals surface area (Å²) in [5.41, 5.74) is 2.80. The summed E-state index contributed by atoms with van der Waals surface area (Å²) in [5.74, 6) is 0.984. The number of carbonyl (C=O) groups is 1. The first-order valence-corrected chi connectivity index (χ1v) is 12.7. The van der Waals surface area contributed by atoms with Gasteiger partial charge in [0.2, 0.25) is 11.9 Å². The van der Waals surface area contributed by atoms with Crippen molar-refractivity contribution in [2.75, 3.05) is 62.2 Å². The number of methoxy groups -OCH3 is 1. The molecule has 0 aliphatic carbocycles. The molecule has 39 heavy (non-hydrogen) atoms. The molecule has 0 aliphatic rings. The quantitative estimate of drug-likeness (QED) is 0.200. The first kappa shape index (κ1) is 27.7. The van der Waals surface area contributed by atoms with Crippen molar-refractivity contribution in [2.45, 2.75) is 0 Å². The molecule has 0 spiro atoms. The minimum atomic E-state index is -0.321. The molecular weight excluding hydrogens is 514 g/mol. The third kappa shape index (κ3) is 6.95. The number of hydrogen-bond acceptors (Lipinski definition) is 8. The number of likely N-dealkylation sites (N-methyl/N-ethyl adjacent to an activating group) is 2. The molecule has 202 valence electrons. The van der Waals surface area contributed by atoms with Gasteiger partial charge in [0, 0.05) is 31.9 Å². The molecule has 0 fully saturated rings. The van der Waals surface area contributed by atoms with E-state index in [0.717, 1.165) is 35.2 Å². The Morgan fingerprint density at radius 2 is 1.79 bits per heavy atom. The number of fused-ring (bicyclic) bond motifs is 1. The normalized spacial score (nSPS) is 10.8. The molecule has 3 N–H and O–H groups in total. The highest BCUT2D eigenvalue weighted by atomic mass is 35.5. The second-order valence-electron chi connectivity index (χ2n) is 9.19. The third-order valence-electron chi connectivity index (χ3n) is 6.06. The van der Waals surface area contributed by atoms with Crippen LogP contribution >= 0.6 is 11.6 Å². The van der Waals surface area contributed by atoms with Gasteiger partial charge in [0.05, 0.1) is 30.4 Å². The molecule has 10 heteroatoms. The van der Waals surface area contributed by atoms with E-state index in [9.17, 15) is 4.79 Å². The number of nitrogens with zero attached hydrogens (tertiary/aromatic N) is 4. The lowest BCUT2D eigenvalue weighted by Crippen LogP contribution is -2.29. The second kappa shape index (κ2) is 12.5. The van der Waals surface area contributed by atoms with Gasteiger partial charge in [-0.05, 0) is 49.1 Å². The van der Waals surface area contributed by atoms with Crippen molar-refractivity contribution < 1.29 is 9.53 Å². The predicted molar refractivity (Wildman–Crippen MR) is 161 cm³/mol. The summed E-state index contributed by atoms with van der Waals surface area (Å²) in [4.78, 5) is 25.3. The Hall–Kier alpha value is -4.34. The summed E-state index contributed by atoms with van der Waals surface area (Å²) in [6, 6.07) is 17.8. The number of aromatic nitrogens is 2. The van der Waals surface area contributed by atoms with Crippen molar-refractivity contribution >= 4 is 62.8 Å². The molecule has 1 aromatic heterocycles. The van der Waals surface area contributed by atoms with Crippen LogP contribution in [0.2, 0.25) is 5.02 Å². The van der Waals surface area contributed by atoms with Gasteiger partial charge in [0.1, 0.15) is 10.8 Å². The topological polar surface area (TPSA) is 94.6 Å². The van der Waals surface area contributed by atoms with Gasteiger partial charge < -0.3 is 30.5 Å². The maximum Gasteiger partial charge on any atom is 0.247 e. The molecule has 0 aliphatic heterocycles. The molecule has 4 aromatic rings. The number of nitrogens with one attached hydrogen (secondary N) is 3. The van der Waals surface area contributed by atoms with Gasteiger partial charge in [-0.25, -0.2) is 4.98 Å². The summed E-state index contributed by atoms with van der Waals surface area (Å²) in [6.07, 6.45) is 2.75. The molecule has 0 radical (unpaired) electrons. The Bertz CT molecular complexity index is 1490. The first-order chi connectivity index (χ1) is 18.8. The smallest absolute Gasteiger partial charge is 0.247 e. The molecule has 4 rings (SSSR count). The summed E-state index contributed by atoms with van der Waals surface area (Å²) in [5, 5.41) is 12.0. The largest absolute Gasteiger partial charge is 0.494 e. The Morgan fingerprint density at radius 1 is 1.03 bits per heavy atom. The fourth-order valence-corrected chi connectivity index (χ4v) is 4.08. The lowest BCUT2D eigenvalue weighted by atomic mass is 10.1. The highest BCUT2D eigenvalue weighted by Gasteiger charge is 2.17. The number of carbonyl (C=O) groups excluding carboxylic acids is 1. The molecular formula is C29H32ClN7O2. The van der Waals surface area contributed by atoms with E-state index in [1.807, 2.05) is 63.6 Å². The first-order valence-electron chi connectivity index (χ1n) is 12.3. The lowest BCUT2D eigenvalue weighted by Gasteiger charge is -2.26. The van der Waals surface area contributed by atoms with Crippen LogP contribution in [0.25, 0.3) is 10.8 Å². The number of amides is 1. The van der Waals surface area contributed by atoms with Crippen LogP contribution in [0, 0.1) is 0 Å². The van der Waals surface area contributed by atoms with Crippen molar-refractivity contribution in [3.05, 3.63) is 78.5 Å². The van der Waals surface area contributed by atoms with Gasteiger partial charge in [-0.15, -0.1) is 0 Å². The van der Waals surface area contributed by atoms with E-state index in [4.69, 9.17) is 16.3 Å². The van der Waals surface area contributed by atoms with Crippen molar-refractivity contribution in [3.63, 3.8) is 0 Å². The number of anilines is 6. The molecule has 0 saturated carbocycles. The minimum Gasteiger partial charge on any atom is -0.494 e. The number of halogens is 1. The average molecular weight is 546 g/mol. The monoisotopic (exact) mass is 545 g/mol. The van der Waals surface area contributed by atoms with E-state index >= 15 is 0 Å². The lowest BCUT2D eigenvalue weighted by molar-refractivity contribution is -0.111. The van der Waals surface area contributed by atoms with Crippen LogP contribution in [-0.4, -0.2) is 62.1 Å². The van der Waals surface area contributed by atoms with Crippen molar-refractivity contribution in [3.8, 4) is 5.75 Å². The Morgan fingerprint density at radius 3 is 2.51 bits per heavy atom. The van der Waals surface area contributed by atoms with Crippen molar-refractivity contribution in [2.24, 2.45) is 0 Å². The van der Waals surface area contributed by atoms with Crippen LogP contribution in [0.1, 0.15) is 0 Å². The van der Waals surface area contributed by atoms with Gasteiger partial charge >= 0.3 is 0 Å². The number of rotatable bonds is 11. The molecule has 0 atom stereocenters. The predicted octanol–water partition coefficient (Wildman–Crippen LogP) is 5.90.